The molecule has 2 heteroatoms. The van der Waals surface area contributed by atoms with Crippen LogP contribution < -0.4 is 5.84 Å². The first-order chi connectivity index (χ1) is 4.62. The zero-order valence-corrected chi connectivity index (χ0v) is 6.80. The first-order valence-electron chi connectivity index (χ1n) is 4.13. The largest absolute Gasteiger partial charge is 0.269 e. The van der Waals surface area contributed by atoms with Crippen molar-refractivity contribution >= 4 is 0 Å². The van der Waals surface area contributed by atoms with Gasteiger partial charge in [-0.05, 0) is 24.2 Å². The number of hydrogen-bond acceptors (Lipinski definition) is 2. The molecule has 2 unspecified atom stereocenters. The van der Waals surface area contributed by atoms with Crippen molar-refractivity contribution < 1.29 is 0 Å². The minimum absolute atomic E-state index is 0.507. The molecule has 0 radical (unpaired) electrons. The Bertz CT molecular complexity index is 151. The third kappa shape index (κ3) is 0.611. The molecule has 1 aliphatic carbocycles. The molecule has 0 amide bonds. The quantitative estimate of drug-likeness (QED) is 0.508. The van der Waals surface area contributed by atoms with E-state index in [4.69, 9.17) is 5.84 Å². The summed E-state index contributed by atoms with van der Waals surface area (Å²) in [7, 11) is 0. The summed E-state index contributed by atoms with van der Waals surface area (Å²) >= 11 is 0. The molecule has 0 aromatic rings. The van der Waals surface area contributed by atoms with E-state index in [1.165, 1.54) is 12.8 Å². The molecular weight excluding hydrogens is 124 g/mol. The maximum atomic E-state index is 5.83. The molecule has 0 spiro atoms. The monoisotopic (exact) mass is 140 g/mol. The Morgan fingerprint density at radius 1 is 1.50 bits per heavy atom. The number of rotatable bonds is 0. The summed E-state index contributed by atoms with van der Waals surface area (Å²) in [5.41, 5.74) is 0.507. The Morgan fingerprint density at radius 3 is 2.50 bits per heavy atom. The fraction of sp³-hybridized carbons (Fsp3) is 1.00. The summed E-state index contributed by atoms with van der Waals surface area (Å²) < 4.78 is 0. The van der Waals surface area contributed by atoms with Crippen molar-refractivity contribution in [2.24, 2.45) is 17.2 Å². The summed E-state index contributed by atoms with van der Waals surface area (Å²) in [6, 6.07) is 0.672. The second-order valence-corrected chi connectivity index (χ2v) is 4.30. The lowest BCUT2D eigenvalue weighted by Gasteiger charge is -2.60. The van der Waals surface area contributed by atoms with Gasteiger partial charge in [0, 0.05) is 12.6 Å². The van der Waals surface area contributed by atoms with E-state index in [1.54, 1.807) is 0 Å². The van der Waals surface area contributed by atoms with E-state index < -0.39 is 0 Å². The van der Waals surface area contributed by atoms with Crippen LogP contribution in [0.3, 0.4) is 0 Å². The van der Waals surface area contributed by atoms with Gasteiger partial charge >= 0.3 is 0 Å². The molecule has 0 aromatic carbocycles. The van der Waals surface area contributed by atoms with Crippen molar-refractivity contribution in [2.75, 3.05) is 6.54 Å². The highest BCUT2D eigenvalue weighted by Crippen LogP contribution is 2.52. The Balaban J connectivity index is 2.16. The molecule has 1 saturated carbocycles. The van der Waals surface area contributed by atoms with Gasteiger partial charge in [0.15, 0.2) is 0 Å². The Morgan fingerprint density at radius 2 is 2.20 bits per heavy atom. The van der Waals surface area contributed by atoms with Crippen molar-refractivity contribution in [1.82, 2.24) is 5.01 Å². The normalized spacial score (nSPS) is 44.7. The standard InChI is InChI=1S/C8H16N2/c1-8(2)6-3-4-10(9)7(8)5-6/h6-7H,3-5,9H2,1-2H3. The number of hydrogen-bond donors (Lipinski definition) is 1. The lowest BCUT2D eigenvalue weighted by atomic mass is 9.55. The van der Waals surface area contributed by atoms with E-state index in [2.05, 4.69) is 13.8 Å². The smallest absolute Gasteiger partial charge is 0.0297 e. The molecule has 2 bridgehead atoms. The minimum Gasteiger partial charge on any atom is -0.269 e. The van der Waals surface area contributed by atoms with Crippen LogP contribution >= 0.6 is 0 Å². The molecule has 0 aromatic heterocycles. The summed E-state index contributed by atoms with van der Waals surface area (Å²) in [4.78, 5) is 0. The van der Waals surface area contributed by atoms with E-state index in [-0.39, 0.29) is 0 Å². The van der Waals surface area contributed by atoms with Crippen molar-refractivity contribution in [1.29, 1.82) is 0 Å². The van der Waals surface area contributed by atoms with Gasteiger partial charge < -0.3 is 0 Å². The van der Waals surface area contributed by atoms with Crippen LogP contribution in [0.4, 0.5) is 0 Å². The molecule has 2 heterocycles. The summed E-state index contributed by atoms with van der Waals surface area (Å²) in [5.74, 6) is 6.78. The summed E-state index contributed by atoms with van der Waals surface area (Å²) in [5, 5.41) is 2.03. The van der Waals surface area contributed by atoms with Crippen LogP contribution in [0.15, 0.2) is 0 Å². The van der Waals surface area contributed by atoms with Gasteiger partial charge in [0.2, 0.25) is 0 Å². The van der Waals surface area contributed by atoms with Crippen molar-refractivity contribution in [3.05, 3.63) is 0 Å². The topological polar surface area (TPSA) is 29.3 Å². The van der Waals surface area contributed by atoms with Crippen molar-refractivity contribution in [3.8, 4) is 0 Å². The van der Waals surface area contributed by atoms with Crippen LogP contribution in [0.2, 0.25) is 0 Å². The van der Waals surface area contributed by atoms with Crippen molar-refractivity contribution in [2.45, 2.75) is 32.7 Å². The minimum atomic E-state index is 0.507. The van der Waals surface area contributed by atoms with Gasteiger partial charge in [-0.25, -0.2) is 5.01 Å². The third-order valence-corrected chi connectivity index (χ3v) is 3.55. The van der Waals surface area contributed by atoms with E-state index in [0.29, 0.717) is 11.5 Å². The highest BCUT2D eigenvalue weighted by atomic mass is 15.4. The molecule has 2 atom stereocenters. The first kappa shape index (κ1) is 6.62. The zero-order chi connectivity index (χ0) is 7.35. The molecule has 2 aliphatic heterocycles. The highest BCUT2D eigenvalue weighted by Gasteiger charge is 2.52. The van der Waals surface area contributed by atoms with Gasteiger partial charge in [0.05, 0.1) is 0 Å². The zero-order valence-electron chi connectivity index (χ0n) is 6.80. The molecule has 2 saturated heterocycles. The summed E-state index contributed by atoms with van der Waals surface area (Å²) in [6.45, 7) is 5.79. The molecule has 10 heavy (non-hydrogen) atoms. The maximum absolute atomic E-state index is 5.83. The van der Waals surface area contributed by atoms with Gasteiger partial charge in [-0.3, -0.25) is 5.84 Å². The van der Waals surface area contributed by atoms with E-state index >= 15 is 0 Å². The van der Waals surface area contributed by atoms with Crippen LogP contribution in [0.25, 0.3) is 0 Å². The predicted molar refractivity (Wildman–Crippen MR) is 41.2 cm³/mol. The lowest BCUT2D eigenvalue weighted by Crippen LogP contribution is -2.65. The van der Waals surface area contributed by atoms with Crippen LogP contribution in [-0.4, -0.2) is 17.6 Å². The Hall–Kier alpha value is -0.0800. The maximum Gasteiger partial charge on any atom is 0.0297 e. The van der Waals surface area contributed by atoms with Crippen LogP contribution in [-0.2, 0) is 0 Å². The molecule has 3 aliphatic rings. The van der Waals surface area contributed by atoms with Crippen molar-refractivity contribution in [3.63, 3.8) is 0 Å². The van der Waals surface area contributed by atoms with Gasteiger partial charge in [-0.2, -0.15) is 0 Å². The van der Waals surface area contributed by atoms with E-state index in [0.717, 1.165) is 12.5 Å². The van der Waals surface area contributed by atoms with Gasteiger partial charge in [0.1, 0.15) is 0 Å². The Labute approximate surface area is 62.4 Å². The molecule has 2 N–H and O–H groups in total. The van der Waals surface area contributed by atoms with E-state index in [9.17, 15) is 0 Å². The number of nitrogens with zero attached hydrogens (tertiary/aromatic N) is 1. The molecule has 3 fully saturated rings. The SMILES string of the molecule is CC1(C)C2CCN(N)C1C2. The number of hydrazine groups is 1. The van der Waals surface area contributed by atoms with E-state index in [1.807, 2.05) is 5.01 Å². The average Bonchev–Trinajstić information content (AvgIpc) is 1.87. The number of piperidine rings is 2. The number of fused-ring (bicyclic) bond motifs is 2. The van der Waals surface area contributed by atoms with Gasteiger partial charge in [-0.15, -0.1) is 0 Å². The first-order valence-corrected chi connectivity index (χ1v) is 4.13. The van der Waals surface area contributed by atoms with Gasteiger partial charge in [-0.1, -0.05) is 13.8 Å². The highest BCUT2D eigenvalue weighted by molar-refractivity contribution is 5.04. The second kappa shape index (κ2) is 1.74. The van der Waals surface area contributed by atoms with Crippen LogP contribution in [0, 0.1) is 11.3 Å². The molecular formula is C8H16N2. The average molecular weight is 140 g/mol. The fourth-order valence-corrected chi connectivity index (χ4v) is 2.50. The molecule has 3 rings (SSSR count). The van der Waals surface area contributed by atoms with Crippen LogP contribution in [0.1, 0.15) is 26.7 Å². The fourth-order valence-electron chi connectivity index (χ4n) is 2.50. The van der Waals surface area contributed by atoms with Gasteiger partial charge in [0.25, 0.3) is 0 Å². The molecule has 2 nitrogen and oxygen atoms in total. The van der Waals surface area contributed by atoms with Crippen LogP contribution in [0.5, 0.6) is 0 Å². The second-order valence-electron chi connectivity index (χ2n) is 4.30. The Kier molecular flexibility index (Phi) is 1.15. The summed E-state index contributed by atoms with van der Waals surface area (Å²) in [6.07, 6.45) is 2.64. The lowest BCUT2D eigenvalue weighted by molar-refractivity contribution is -0.113. The predicted octanol–water partition coefficient (Wildman–Crippen LogP) is 0.981. The molecule has 58 valence electrons. The third-order valence-electron chi connectivity index (χ3n) is 3.55. The number of nitrogens with two attached hydrogens (primary N) is 1.